The number of aromatic amines is 1. The first-order valence-electron chi connectivity index (χ1n) is 6.80. The number of H-pyrrole nitrogens is 1. The SMILES string of the molecule is c1ccc(-c2cc3cc4ccccc4cc3c[nH+]2)cc1. The zero-order valence-corrected chi connectivity index (χ0v) is 11.0. The molecule has 0 aliphatic carbocycles. The second-order valence-corrected chi connectivity index (χ2v) is 5.04. The maximum absolute atomic E-state index is 3.39. The van der Waals surface area contributed by atoms with Crippen molar-refractivity contribution in [2.45, 2.75) is 0 Å². The molecule has 0 fully saturated rings. The minimum absolute atomic E-state index is 1.15. The van der Waals surface area contributed by atoms with Crippen LogP contribution in [0.2, 0.25) is 0 Å². The minimum Gasteiger partial charge on any atom is -0.210 e. The molecule has 0 aliphatic heterocycles. The summed E-state index contributed by atoms with van der Waals surface area (Å²) in [6.45, 7) is 0. The lowest BCUT2D eigenvalue weighted by molar-refractivity contribution is -0.362. The number of benzene rings is 3. The molecule has 94 valence electrons. The van der Waals surface area contributed by atoms with E-state index < -0.39 is 0 Å². The van der Waals surface area contributed by atoms with Gasteiger partial charge in [-0.25, -0.2) is 4.98 Å². The monoisotopic (exact) mass is 256 g/mol. The zero-order chi connectivity index (χ0) is 13.4. The van der Waals surface area contributed by atoms with Gasteiger partial charge in [0.1, 0.15) is 0 Å². The van der Waals surface area contributed by atoms with E-state index in [0.29, 0.717) is 0 Å². The first-order valence-corrected chi connectivity index (χ1v) is 6.80. The van der Waals surface area contributed by atoms with Crippen LogP contribution in [0.1, 0.15) is 0 Å². The molecule has 1 N–H and O–H groups in total. The fourth-order valence-electron chi connectivity index (χ4n) is 2.66. The Balaban J connectivity index is 1.97. The molecule has 1 heteroatoms. The third kappa shape index (κ3) is 1.84. The molecule has 1 heterocycles. The highest BCUT2D eigenvalue weighted by Gasteiger charge is 2.07. The van der Waals surface area contributed by atoms with Gasteiger partial charge < -0.3 is 0 Å². The van der Waals surface area contributed by atoms with Crippen LogP contribution in [0, 0.1) is 0 Å². The summed E-state index contributed by atoms with van der Waals surface area (Å²) in [5, 5.41) is 5.07. The molecular formula is C19H14N+. The van der Waals surface area contributed by atoms with Crippen molar-refractivity contribution < 1.29 is 4.98 Å². The van der Waals surface area contributed by atoms with Crippen molar-refractivity contribution in [1.29, 1.82) is 0 Å². The summed E-state index contributed by atoms with van der Waals surface area (Å²) in [5.41, 5.74) is 2.36. The summed E-state index contributed by atoms with van der Waals surface area (Å²) in [5.74, 6) is 0. The van der Waals surface area contributed by atoms with Gasteiger partial charge >= 0.3 is 0 Å². The highest BCUT2D eigenvalue weighted by atomic mass is 14.7. The molecule has 1 nitrogen and oxygen atoms in total. The zero-order valence-electron chi connectivity index (χ0n) is 11.0. The third-order valence-electron chi connectivity index (χ3n) is 3.72. The Labute approximate surface area is 117 Å². The van der Waals surface area contributed by atoms with E-state index in [2.05, 4.69) is 77.9 Å². The summed E-state index contributed by atoms with van der Waals surface area (Å²) in [6, 6.07) is 25.6. The molecule has 4 rings (SSSR count). The molecule has 0 radical (unpaired) electrons. The molecule has 20 heavy (non-hydrogen) atoms. The normalized spacial score (nSPS) is 11.0. The Morgan fingerprint density at radius 2 is 1.20 bits per heavy atom. The number of hydrogen-bond acceptors (Lipinski definition) is 0. The van der Waals surface area contributed by atoms with E-state index in [0.717, 1.165) is 5.69 Å². The number of hydrogen-bond donors (Lipinski definition) is 0. The fourth-order valence-corrected chi connectivity index (χ4v) is 2.66. The predicted molar refractivity (Wildman–Crippen MR) is 83.4 cm³/mol. The van der Waals surface area contributed by atoms with Crippen LogP contribution in [-0.4, -0.2) is 0 Å². The lowest BCUT2D eigenvalue weighted by atomic mass is 10.0. The van der Waals surface area contributed by atoms with Crippen molar-refractivity contribution in [2.75, 3.05) is 0 Å². The average Bonchev–Trinajstić information content (AvgIpc) is 2.53. The van der Waals surface area contributed by atoms with Crippen LogP contribution in [-0.2, 0) is 0 Å². The number of pyridine rings is 1. The molecule has 4 aromatic rings. The van der Waals surface area contributed by atoms with Gasteiger partial charge in [0.05, 0.1) is 0 Å². The van der Waals surface area contributed by atoms with Crippen LogP contribution < -0.4 is 4.98 Å². The Hall–Kier alpha value is -2.67. The predicted octanol–water partition coefficient (Wildman–Crippen LogP) is 4.47. The van der Waals surface area contributed by atoms with E-state index in [1.807, 2.05) is 6.07 Å². The number of rotatable bonds is 1. The van der Waals surface area contributed by atoms with Crippen molar-refractivity contribution in [2.24, 2.45) is 0 Å². The molecule has 0 unspecified atom stereocenters. The van der Waals surface area contributed by atoms with E-state index in [9.17, 15) is 0 Å². The van der Waals surface area contributed by atoms with Crippen molar-refractivity contribution in [3.63, 3.8) is 0 Å². The molecule has 0 saturated heterocycles. The molecular weight excluding hydrogens is 242 g/mol. The van der Waals surface area contributed by atoms with Crippen LogP contribution in [0.15, 0.2) is 79.0 Å². The molecule has 0 spiro atoms. The second kappa shape index (κ2) is 4.46. The highest BCUT2D eigenvalue weighted by Crippen LogP contribution is 2.24. The van der Waals surface area contributed by atoms with E-state index in [-0.39, 0.29) is 0 Å². The first-order chi connectivity index (χ1) is 9.90. The average molecular weight is 256 g/mol. The van der Waals surface area contributed by atoms with E-state index in [1.165, 1.54) is 27.1 Å². The van der Waals surface area contributed by atoms with Gasteiger partial charge in [0.2, 0.25) is 5.69 Å². The minimum atomic E-state index is 1.15. The number of fused-ring (bicyclic) bond motifs is 2. The topological polar surface area (TPSA) is 14.1 Å². The Kier molecular flexibility index (Phi) is 2.49. The maximum Gasteiger partial charge on any atom is 0.211 e. The van der Waals surface area contributed by atoms with Crippen LogP contribution in [0.3, 0.4) is 0 Å². The van der Waals surface area contributed by atoms with Gasteiger partial charge in [-0.1, -0.05) is 42.5 Å². The third-order valence-corrected chi connectivity index (χ3v) is 3.72. The van der Waals surface area contributed by atoms with Gasteiger partial charge in [-0.15, -0.1) is 0 Å². The van der Waals surface area contributed by atoms with Crippen molar-refractivity contribution in [3.05, 3.63) is 79.0 Å². The van der Waals surface area contributed by atoms with Gasteiger partial charge in [0.15, 0.2) is 6.20 Å². The lowest BCUT2D eigenvalue weighted by Gasteiger charge is -2.01. The summed E-state index contributed by atoms with van der Waals surface area (Å²) >= 11 is 0. The van der Waals surface area contributed by atoms with Crippen LogP contribution in [0.4, 0.5) is 0 Å². The van der Waals surface area contributed by atoms with Crippen LogP contribution in [0.25, 0.3) is 32.8 Å². The van der Waals surface area contributed by atoms with Gasteiger partial charge in [0.25, 0.3) is 0 Å². The lowest BCUT2D eigenvalue weighted by Crippen LogP contribution is -2.05. The summed E-state index contributed by atoms with van der Waals surface area (Å²) in [6.07, 6.45) is 2.09. The summed E-state index contributed by atoms with van der Waals surface area (Å²) in [4.78, 5) is 3.39. The standard InChI is InChI=1S/C19H13N/c1-2-6-14(7-3-1)19-12-17-10-15-8-4-5-9-16(15)11-18(17)13-20-19/h1-13H/p+1. The Bertz CT molecular complexity index is 895. The van der Waals surface area contributed by atoms with Crippen LogP contribution >= 0.6 is 0 Å². The summed E-state index contributed by atoms with van der Waals surface area (Å²) < 4.78 is 0. The van der Waals surface area contributed by atoms with E-state index in [1.54, 1.807) is 0 Å². The first kappa shape index (κ1) is 11.2. The number of nitrogens with one attached hydrogen (secondary N) is 1. The molecule has 1 aromatic heterocycles. The molecule has 0 bridgehead atoms. The number of aromatic nitrogens is 1. The van der Waals surface area contributed by atoms with Gasteiger partial charge in [-0.2, -0.15) is 0 Å². The van der Waals surface area contributed by atoms with Gasteiger partial charge in [0, 0.05) is 17.0 Å². The van der Waals surface area contributed by atoms with E-state index >= 15 is 0 Å². The molecule has 0 saturated carbocycles. The fraction of sp³-hybridized carbons (Fsp3) is 0. The Morgan fingerprint density at radius 1 is 0.550 bits per heavy atom. The van der Waals surface area contributed by atoms with Crippen molar-refractivity contribution >= 4 is 21.5 Å². The molecule has 0 amide bonds. The van der Waals surface area contributed by atoms with Crippen LogP contribution in [0.5, 0.6) is 0 Å². The van der Waals surface area contributed by atoms with E-state index in [4.69, 9.17) is 0 Å². The molecule has 0 atom stereocenters. The van der Waals surface area contributed by atoms with Crippen molar-refractivity contribution in [1.82, 2.24) is 0 Å². The quantitative estimate of drug-likeness (QED) is 0.446. The Morgan fingerprint density at radius 3 is 1.95 bits per heavy atom. The molecule has 0 aliphatic rings. The largest absolute Gasteiger partial charge is 0.211 e. The molecule has 3 aromatic carbocycles. The van der Waals surface area contributed by atoms with Gasteiger partial charge in [-0.05, 0) is 40.4 Å². The second-order valence-electron chi connectivity index (χ2n) is 5.04. The summed E-state index contributed by atoms with van der Waals surface area (Å²) in [7, 11) is 0. The van der Waals surface area contributed by atoms with Gasteiger partial charge in [-0.3, -0.25) is 0 Å². The maximum atomic E-state index is 3.39. The van der Waals surface area contributed by atoms with Crippen molar-refractivity contribution in [3.8, 4) is 11.3 Å². The highest BCUT2D eigenvalue weighted by molar-refractivity contribution is 5.98. The smallest absolute Gasteiger partial charge is 0.210 e.